The quantitative estimate of drug-likeness (QED) is 0.248. The standard InChI is InChI=1S/C22H14Br2Cl2O4S/c23-16-5-1-13(2-6-16)12-31(29,30)20(11-27)21(14-3-7-17(24)8-4-14)15-9-18(25)22(28)19(26)10-15/h1-11,28H,12H2/b21-20-. The van der Waals surface area contributed by atoms with Crippen LogP contribution in [-0.2, 0) is 20.4 Å². The van der Waals surface area contributed by atoms with E-state index >= 15 is 0 Å². The van der Waals surface area contributed by atoms with E-state index in [9.17, 15) is 18.3 Å². The predicted molar refractivity (Wildman–Crippen MR) is 131 cm³/mol. The summed E-state index contributed by atoms with van der Waals surface area (Å²) in [6.07, 6.45) is 0.320. The number of benzene rings is 3. The van der Waals surface area contributed by atoms with Crippen molar-refractivity contribution < 1.29 is 18.3 Å². The third-order valence-corrected chi connectivity index (χ3v) is 7.71. The van der Waals surface area contributed by atoms with Crippen molar-refractivity contribution in [1.29, 1.82) is 0 Å². The minimum Gasteiger partial charge on any atom is -0.505 e. The zero-order chi connectivity index (χ0) is 22.8. The summed E-state index contributed by atoms with van der Waals surface area (Å²) in [7, 11) is -4.04. The van der Waals surface area contributed by atoms with Gasteiger partial charge < -0.3 is 5.11 Å². The van der Waals surface area contributed by atoms with Crippen LogP contribution in [0.5, 0.6) is 5.75 Å². The van der Waals surface area contributed by atoms with Crippen molar-refractivity contribution in [3.8, 4) is 5.75 Å². The molecule has 160 valence electrons. The number of phenols is 1. The Kier molecular flexibility index (Phi) is 7.65. The van der Waals surface area contributed by atoms with Crippen LogP contribution in [0, 0.1) is 0 Å². The second-order valence-electron chi connectivity index (χ2n) is 6.54. The number of carbonyl (C=O) groups is 1. The average Bonchev–Trinajstić information content (AvgIpc) is 2.72. The molecule has 1 N–H and O–H groups in total. The van der Waals surface area contributed by atoms with Gasteiger partial charge in [-0.05, 0) is 53.1 Å². The van der Waals surface area contributed by atoms with Crippen molar-refractivity contribution in [1.82, 2.24) is 0 Å². The first kappa shape index (κ1) is 24.0. The van der Waals surface area contributed by atoms with Crippen LogP contribution >= 0.6 is 55.1 Å². The molecule has 0 spiro atoms. The molecule has 0 bridgehead atoms. The molecule has 0 aromatic heterocycles. The molecule has 0 fully saturated rings. The highest BCUT2D eigenvalue weighted by molar-refractivity contribution is 9.10. The van der Waals surface area contributed by atoms with Gasteiger partial charge in [0, 0.05) is 14.5 Å². The Hall–Kier alpha value is -1.64. The second kappa shape index (κ2) is 9.88. The maximum atomic E-state index is 13.3. The highest BCUT2D eigenvalue weighted by Crippen LogP contribution is 2.38. The highest BCUT2D eigenvalue weighted by Gasteiger charge is 2.25. The topological polar surface area (TPSA) is 71.4 Å². The normalized spacial score (nSPS) is 12.4. The summed E-state index contributed by atoms with van der Waals surface area (Å²) in [5.74, 6) is -0.693. The molecule has 0 radical (unpaired) electrons. The lowest BCUT2D eigenvalue weighted by Crippen LogP contribution is -2.12. The van der Waals surface area contributed by atoms with Crippen molar-refractivity contribution in [3.05, 3.63) is 101 Å². The van der Waals surface area contributed by atoms with Gasteiger partial charge in [-0.15, -0.1) is 0 Å². The van der Waals surface area contributed by atoms with Gasteiger partial charge in [-0.3, -0.25) is 4.79 Å². The van der Waals surface area contributed by atoms with E-state index in [2.05, 4.69) is 31.9 Å². The van der Waals surface area contributed by atoms with Gasteiger partial charge in [-0.25, -0.2) is 8.42 Å². The molecule has 3 rings (SSSR count). The summed E-state index contributed by atoms with van der Waals surface area (Å²) in [5, 5.41) is 9.79. The van der Waals surface area contributed by atoms with Crippen LogP contribution in [0.3, 0.4) is 0 Å². The van der Waals surface area contributed by atoms with E-state index in [-0.39, 0.29) is 32.7 Å². The van der Waals surface area contributed by atoms with Gasteiger partial charge in [0.05, 0.1) is 15.8 Å². The summed E-state index contributed by atoms with van der Waals surface area (Å²) < 4.78 is 28.2. The van der Waals surface area contributed by atoms with E-state index in [4.69, 9.17) is 23.2 Å². The van der Waals surface area contributed by atoms with Crippen LogP contribution in [0.25, 0.3) is 5.57 Å². The van der Waals surface area contributed by atoms with Crippen LogP contribution in [0.1, 0.15) is 16.7 Å². The Morgan fingerprint density at radius 3 is 1.84 bits per heavy atom. The molecule has 0 saturated carbocycles. The number of rotatable bonds is 6. The van der Waals surface area contributed by atoms with E-state index in [1.54, 1.807) is 48.5 Å². The van der Waals surface area contributed by atoms with Crippen molar-refractivity contribution in [3.63, 3.8) is 0 Å². The first-order valence-corrected chi connectivity index (χ1v) is 12.7. The highest BCUT2D eigenvalue weighted by atomic mass is 79.9. The molecule has 0 unspecified atom stereocenters. The number of hydrogen-bond acceptors (Lipinski definition) is 4. The van der Waals surface area contributed by atoms with Crippen molar-refractivity contribution in [2.45, 2.75) is 5.75 Å². The molecule has 3 aromatic rings. The third kappa shape index (κ3) is 5.59. The van der Waals surface area contributed by atoms with Crippen molar-refractivity contribution in [2.75, 3.05) is 0 Å². The molecule has 0 atom stereocenters. The zero-order valence-corrected chi connectivity index (χ0v) is 21.2. The summed E-state index contributed by atoms with van der Waals surface area (Å²) in [6, 6.07) is 16.3. The molecule has 3 aromatic carbocycles. The Morgan fingerprint density at radius 1 is 0.871 bits per heavy atom. The van der Waals surface area contributed by atoms with E-state index in [1.165, 1.54) is 12.1 Å². The lowest BCUT2D eigenvalue weighted by atomic mass is 9.97. The molecule has 9 heteroatoms. The first-order chi connectivity index (χ1) is 14.6. The molecular weight excluding hydrogens is 591 g/mol. The Morgan fingerprint density at radius 2 is 1.35 bits per heavy atom. The number of carbonyl (C=O) groups excluding carboxylic acids is 1. The fraction of sp³-hybridized carbons (Fsp3) is 0.0455. The van der Waals surface area contributed by atoms with Crippen LogP contribution < -0.4 is 0 Å². The van der Waals surface area contributed by atoms with Gasteiger partial charge in [0.1, 0.15) is 4.91 Å². The number of aldehydes is 1. The summed E-state index contributed by atoms with van der Waals surface area (Å²) >= 11 is 18.8. The van der Waals surface area contributed by atoms with Gasteiger partial charge in [0.15, 0.2) is 21.9 Å². The van der Waals surface area contributed by atoms with Crippen LogP contribution in [-0.4, -0.2) is 19.8 Å². The average molecular weight is 605 g/mol. The van der Waals surface area contributed by atoms with E-state index in [1.807, 2.05) is 0 Å². The number of hydrogen-bond donors (Lipinski definition) is 1. The molecule has 0 heterocycles. The zero-order valence-electron chi connectivity index (χ0n) is 15.7. The van der Waals surface area contributed by atoms with Crippen LogP contribution in [0.15, 0.2) is 74.5 Å². The molecule has 0 aliphatic heterocycles. The first-order valence-electron chi connectivity index (χ1n) is 8.73. The monoisotopic (exact) mass is 602 g/mol. The molecule has 0 amide bonds. The maximum absolute atomic E-state index is 13.3. The summed E-state index contributed by atoms with van der Waals surface area (Å²) in [6.45, 7) is 0. The third-order valence-electron chi connectivity index (χ3n) is 4.40. The van der Waals surface area contributed by atoms with Gasteiger partial charge in [-0.1, -0.05) is 79.3 Å². The van der Waals surface area contributed by atoms with Gasteiger partial charge in [0.2, 0.25) is 0 Å². The SMILES string of the molecule is O=C/C(=C(\c1ccc(Br)cc1)c1cc(Cl)c(O)c(Cl)c1)S(=O)(=O)Cc1ccc(Br)cc1. The number of sulfone groups is 1. The van der Waals surface area contributed by atoms with Crippen molar-refractivity contribution in [2.24, 2.45) is 0 Å². The van der Waals surface area contributed by atoms with Crippen LogP contribution in [0.4, 0.5) is 0 Å². The predicted octanol–water partition coefficient (Wildman–Crippen LogP) is 6.80. The minimum atomic E-state index is -4.04. The Bertz CT molecular complexity index is 1250. The molecule has 0 saturated heterocycles. The van der Waals surface area contributed by atoms with Crippen molar-refractivity contribution >= 4 is 76.8 Å². The molecule has 31 heavy (non-hydrogen) atoms. The van der Waals surface area contributed by atoms with E-state index < -0.39 is 14.7 Å². The summed E-state index contributed by atoms with van der Waals surface area (Å²) in [4.78, 5) is 11.7. The van der Waals surface area contributed by atoms with E-state index in [0.29, 0.717) is 17.4 Å². The fourth-order valence-electron chi connectivity index (χ4n) is 2.94. The number of allylic oxidation sites excluding steroid dienone is 1. The van der Waals surface area contributed by atoms with Crippen LogP contribution in [0.2, 0.25) is 10.0 Å². The smallest absolute Gasteiger partial charge is 0.186 e. The number of halogens is 4. The lowest BCUT2D eigenvalue weighted by molar-refractivity contribution is -0.104. The Labute approximate surface area is 206 Å². The number of aromatic hydroxyl groups is 1. The molecule has 0 aliphatic carbocycles. The summed E-state index contributed by atoms with van der Waals surface area (Å²) in [5.41, 5.74) is 1.43. The van der Waals surface area contributed by atoms with Gasteiger partial charge in [-0.2, -0.15) is 0 Å². The molecular formula is C22H14Br2Cl2O4S. The Balaban J connectivity index is 2.27. The van der Waals surface area contributed by atoms with E-state index in [0.717, 1.165) is 8.95 Å². The lowest BCUT2D eigenvalue weighted by Gasteiger charge is -2.15. The van der Waals surface area contributed by atoms with Gasteiger partial charge >= 0.3 is 0 Å². The van der Waals surface area contributed by atoms with Gasteiger partial charge in [0.25, 0.3) is 0 Å². The largest absolute Gasteiger partial charge is 0.505 e. The second-order valence-corrected chi connectivity index (χ2v) is 11.1. The molecule has 0 aliphatic rings. The minimum absolute atomic E-state index is 0.0623. The maximum Gasteiger partial charge on any atom is 0.186 e. The number of phenolic OH excluding ortho intramolecular Hbond substituents is 1. The molecule has 4 nitrogen and oxygen atoms in total. The fourth-order valence-corrected chi connectivity index (χ4v) is 5.44.